The predicted octanol–water partition coefficient (Wildman–Crippen LogP) is 0.726. The van der Waals surface area contributed by atoms with E-state index in [1.165, 1.54) is 0 Å². The van der Waals surface area contributed by atoms with Gasteiger partial charge in [-0.15, -0.1) is 0 Å². The van der Waals surface area contributed by atoms with E-state index in [4.69, 9.17) is 10.2 Å². The van der Waals surface area contributed by atoms with Crippen LogP contribution in [-0.4, -0.2) is 22.8 Å². The number of carboxylic acid groups (broad SMARTS) is 1. The van der Waals surface area contributed by atoms with Crippen LogP contribution >= 0.6 is 0 Å². The highest BCUT2D eigenvalue weighted by atomic mass is 16.4. The van der Waals surface area contributed by atoms with Gasteiger partial charge in [0.05, 0.1) is 12.5 Å². The smallest absolute Gasteiger partial charge is 0.309 e. The first-order valence-corrected chi connectivity index (χ1v) is 3.23. The maximum Gasteiger partial charge on any atom is 0.309 e. The van der Waals surface area contributed by atoms with Crippen LogP contribution in [0.15, 0.2) is 0 Å². The molecule has 0 aromatic carbocycles. The molecule has 3 nitrogen and oxygen atoms in total. The summed E-state index contributed by atoms with van der Waals surface area (Å²) in [5, 5.41) is 17.2. The van der Waals surface area contributed by atoms with Gasteiger partial charge < -0.3 is 10.2 Å². The molecule has 60 valence electrons. The van der Waals surface area contributed by atoms with Gasteiger partial charge in [-0.2, -0.15) is 0 Å². The zero-order valence-electron chi connectivity index (χ0n) is 6.59. The number of aliphatic hydroxyl groups excluding tert-OH is 1. The standard InChI is InChI=1S/C7H14O3/c1-7(2,3)5(4-8)6(9)10/h5,8H,4H2,1-3H3,(H,9,10)/t5-/m1/s1. The molecule has 0 amide bonds. The van der Waals surface area contributed by atoms with Crippen molar-refractivity contribution in [3.8, 4) is 0 Å². The molecule has 0 fully saturated rings. The van der Waals surface area contributed by atoms with Crippen molar-refractivity contribution in [2.75, 3.05) is 6.61 Å². The highest BCUT2D eigenvalue weighted by Crippen LogP contribution is 2.25. The topological polar surface area (TPSA) is 57.5 Å². The Morgan fingerprint density at radius 3 is 1.90 bits per heavy atom. The Labute approximate surface area is 60.7 Å². The minimum atomic E-state index is -0.935. The second-order valence-corrected chi connectivity index (χ2v) is 3.44. The summed E-state index contributed by atoms with van der Waals surface area (Å²) in [5.74, 6) is -1.59. The van der Waals surface area contributed by atoms with Crippen molar-refractivity contribution < 1.29 is 15.0 Å². The normalized spacial score (nSPS) is 14.8. The van der Waals surface area contributed by atoms with E-state index in [0.29, 0.717) is 0 Å². The van der Waals surface area contributed by atoms with Crippen molar-refractivity contribution in [1.29, 1.82) is 0 Å². The first-order valence-electron chi connectivity index (χ1n) is 3.23. The van der Waals surface area contributed by atoms with Crippen molar-refractivity contribution in [2.24, 2.45) is 11.3 Å². The molecule has 0 radical (unpaired) electrons. The summed E-state index contributed by atoms with van der Waals surface area (Å²) in [6.07, 6.45) is 0. The lowest BCUT2D eigenvalue weighted by Gasteiger charge is -2.24. The van der Waals surface area contributed by atoms with Crippen LogP contribution in [0.5, 0.6) is 0 Å². The van der Waals surface area contributed by atoms with Crippen LogP contribution in [-0.2, 0) is 4.79 Å². The van der Waals surface area contributed by atoms with E-state index in [2.05, 4.69) is 0 Å². The summed E-state index contributed by atoms with van der Waals surface area (Å²) < 4.78 is 0. The molecular formula is C7H14O3. The Morgan fingerprint density at radius 1 is 1.50 bits per heavy atom. The molecule has 0 unspecified atom stereocenters. The highest BCUT2D eigenvalue weighted by molar-refractivity contribution is 5.70. The highest BCUT2D eigenvalue weighted by Gasteiger charge is 2.29. The van der Waals surface area contributed by atoms with Crippen LogP contribution in [0.2, 0.25) is 0 Å². The number of rotatable bonds is 2. The van der Waals surface area contributed by atoms with Crippen molar-refractivity contribution in [3.05, 3.63) is 0 Å². The van der Waals surface area contributed by atoms with Crippen molar-refractivity contribution >= 4 is 5.97 Å². The second-order valence-electron chi connectivity index (χ2n) is 3.44. The third-order valence-corrected chi connectivity index (χ3v) is 1.53. The summed E-state index contributed by atoms with van der Waals surface area (Å²) >= 11 is 0. The molecule has 0 saturated carbocycles. The van der Waals surface area contributed by atoms with Gasteiger partial charge >= 0.3 is 5.97 Å². The van der Waals surface area contributed by atoms with E-state index in [0.717, 1.165) is 0 Å². The molecule has 0 bridgehead atoms. The molecule has 0 aromatic rings. The molecule has 0 spiro atoms. The largest absolute Gasteiger partial charge is 0.481 e. The van der Waals surface area contributed by atoms with Gasteiger partial charge in [0.15, 0.2) is 0 Å². The molecule has 3 heteroatoms. The Morgan fingerprint density at radius 2 is 1.90 bits per heavy atom. The van der Waals surface area contributed by atoms with Gasteiger partial charge in [0, 0.05) is 0 Å². The maximum absolute atomic E-state index is 10.4. The van der Waals surface area contributed by atoms with Crippen molar-refractivity contribution in [3.63, 3.8) is 0 Å². The van der Waals surface area contributed by atoms with Crippen LogP contribution in [0.25, 0.3) is 0 Å². The summed E-state index contributed by atoms with van der Waals surface area (Å²) in [5.41, 5.74) is -0.361. The Kier molecular flexibility index (Phi) is 2.84. The fourth-order valence-electron chi connectivity index (χ4n) is 0.722. The quantitative estimate of drug-likeness (QED) is 0.603. The molecule has 2 N–H and O–H groups in total. The van der Waals surface area contributed by atoms with Gasteiger partial charge in [-0.3, -0.25) is 4.79 Å². The van der Waals surface area contributed by atoms with Crippen LogP contribution in [0.4, 0.5) is 0 Å². The molecule has 0 aromatic heterocycles. The summed E-state index contributed by atoms with van der Waals surface area (Å²) in [4.78, 5) is 10.4. The van der Waals surface area contributed by atoms with Crippen molar-refractivity contribution in [1.82, 2.24) is 0 Å². The zero-order valence-corrected chi connectivity index (χ0v) is 6.59. The lowest BCUT2D eigenvalue weighted by molar-refractivity contribution is -0.147. The molecule has 0 aliphatic rings. The first kappa shape index (κ1) is 9.43. The molecule has 0 saturated heterocycles. The first-order chi connectivity index (χ1) is 4.39. The summed E-state index contributed by atoms with van der Waals surface area (Å²) in [7, 11) is 0. The van der Waals surface area contributed by atoms with Gasteiger partial charge in [-0.05, 0) is 5.41 Å². The fourth-order valence-corrected chi connectivity index (χ4v) is 0.722. The van der Waals surface area contributed by atoms with Gasteiger partial charge in [0.25, 0.3) is 0 Å². The maximum atomic E-state index is 10.4. The number of aliphatic hydroxyl groups is 1. The third kappa shape index (κ3) is 2.35. The van der Waals surface area contributed by atoms with Crippen LogP contribution in [0.3, 0.4) is 0 Å². The molecule has 0 heterocycles. The Balaban J connectivity index is 4.22. The number of carboxylic acids is 1. The number of carbonyl (C=O) groups is 1. The Bertz CT molecular complexity index is 123. The SMILES string of the molecule is CC(C)(C)[C@H](CO)C(=O)O. The monoisotopic (exact) mass is 146 g/mol. The minimum Gasteiger partial charge on any atom is -0.481 e. The molecule has 10 heavy (non-hydrogen) atoms. The Hall–Kier alpha value is -0.570. The van der Waals surface area contributed by atoms with Crippen LogP contribution in [0, 0.1) is 11.3 Å². The lowest BCUT2D eigenvalue weighted by atomic mass is 9.81. The van der Waals surface area contributed by atoms with Gasteiger partial charge in [-0.25, -0.2) is 0 Å². The fraction of sp³-hybridized carbons (Fsp3) is 0.857. The van der Waals surface area contributed by atoms with E-state index in [9.17, 15) is 4.79 Å². The molecular weight excluding hydrogens is 132 g/mol. The zero-order chi connectivity index (χ0) is 8.36. The molecule has 1 atom stereocenters. The number of hydrogen-bond acceptors (Lipinski definition) is 2. The van der Waals surface area contributed by atoms with Gasteiger partial charge in [0.1, 0.15) is 0 Å². The lowest BCUT2D eigenvalue weighted by Crippen LogP contribution is -2.31. The van der Waals surface area contributed by atoms with Gasteiger partial charge in [-0.1, -0.05) is 20.8 Å². The molecule has 0 aliphatic carbocycles. The molecule has 0 aliphatic heterocycles. The second kappa shape index (κ2) is 3.01. The van der Waals surface area contributed by atoms with E-state index in [1.807, 2.05) is 0 Å². The predicted molar refractivity (Wildman–Crippen MR) is 37.7 cm³/mol. The summed E-state index contributed by atoms with van der Waals surface area (Å²) in [6.45, 7) is 5.09. The summed E-state index contributed by atoms with van der Waals surface area (Å²) in [6, 6.07) is 0. The van der Waals surface area contributed by atoms with Gasteiger partial charge in [0.2, 0.25) is 0 Å². The van der Waals surface area contributed by atoms with Crippen molar-refractivity contribution in [2.45, 2.75) is 20.8 Å². The number of aliphatic carboxylic acids is 1. The van der Waals surface area contributed by atoms with Crippen LogP contribution < -0.4 is 0 Å². The van der Waals surface area contributed by atoms with E-state index < -0.39 is 11.9 Å². The van der Waals surface area contributed by atoms with E-state index in [-0.39, 0.29) is 12.0 Å². The third-order valence-electron chi connectivity index (χ3n) is 1.53. The minimum absolute atomic E-state index is 0.293. The molecule has 0 rings (SSSR count). The van der Waals surface area contributed by atoms with E-state index in [1.54, 1.807) is 20.8 Å². The average Bonchev–Trinajstić information content (AvgIpc) is 1.60. The van der Waals surface area contributed by atoms with Crippen LogP contribution in [0.1, 0.15) is 20.8 Å². The van der Waals surface area contributed by atoms with E-state index >= 15 is 0 Å². The average molecular weight is 146 g/mol. The number of hydrogen-bond donors (Lipinski definition) is 2.